The van der Waals surface area contributed by atoms with Crippen LogP contribution in [0.25, 0.3) is 0 Å². The number of nitrogens with one attached hydrogen (secondary N) is 1. The van der Waals surface area contributed by atoms with Crippen LogP contribution in [0.1, 0.15) is 57.6 Å². The maximum atomic E-state index is 12.3. The minimum Gasteiger partial charge on any atom is -0.306 e. The molecule has 1 atom stereocenters. The molecule has 118 valence electrons. The molecule has 0 bridgehead atoms. The van der Waals surface area contributed by atoms with Crippen molar-refractivity contribution in [1.82, 2.24) is 5.32 Å². The van der Waals surface area contributed by atoms with Gasteiger partial charge in [-0.15, -0.1) is 0 Å². The van der Waals surface area contributed by atoms with Gasteiger partial charge in [0.25, 0.3) is 0 Å². The highest BCUT2D eigenvalue weighted by Gasteiger charge is 2.40. The molecule has 0 aliphatic heterocycles. The number of hydrogen-bond acceptors (Lipinski definition) is 3. The predicted octanol–water partition coefficient (Wildman–Crippen LogP) is 3.47. The molecule has 2 rings (SSSR count). The molecule has 0 radical (unpaired) electrons. The van der Waals surface area contributed by atoms with Crippen LogP contribution in [0.3, 0.4) is 0 Å². The summed E-state index contributed by atoms with van der Waals surface area (Å²) in [4.78, 5) is 0. The summed E-state index contributed by atoms with van der Waals surface area (Å²) in [5.41, 5.74) is 1.05. The lowest BCUT2D eigenvalue weighted by molar-refractivity contribution is 0.308. The molecule has 1 saturated carbocycles. The number of sulfone groups is 1. The average Bonchev–Trinajstić information content (AvgIpc) is 2.45. The third-order valence-electron chi connectivity index (χ3n) is 4.79. The van der Waals surface area contributed by atoms with Gasteiger partial charge in [-0.05, 0) is 32.3 Å². The molecule has 0 spiro atoms. The molecule has 1 unspecified atom stereocenters. The van der Waals surface area contributed by atoms with Crippen LogP contribution in [-0.2, 0) is 9.84 Å². The molecule has 21 heavy (non-hydrogen) atoms. The lowest BCUT2D eigenvalue weighted by atomic mass is 9.90. The van der Waals surface area contributed by atoms with E-state index in [1.807, 2.05) is 44.2 Å². The van der Waals surface area contributed by atoms with E-state index in [0.29, 0.717) is 6.04 Å². The van der Waals surface area contributed by atoms with Crippen LogP contribution in [-0.4, -0.2) is 25.5 Å². The van der Waals surface area contributed by atoms with E-state index in [0.717, 1.165) is 18.4 Å². The van der Waals surface area contributed by atoms with Crippen molar-refractivity contribution < 1.29 is 8.42 Å². The van der Waals surface area contributed by atoms with Crippen molar-refractivity contribution in [2.45, 2.75) is 62.8 Å². The van der Waals surface area contributed by atoms with E-state index < -0.39 is 14.6 Å². The fourth-order valence-electron chi connectivity index (χ4n) is 3.06. The quantitative estimate of drug-likeness (QED) is 0.906. The standard InChI is InChI=1S/C17H27NO2S/c1-17(2,21(3,19)20)16(14-10-6-4-7-11-14)18-15-12-8-5-9-13-15/h4,6-7,10-11,15-16,18H,5,8-9,12-13H2,1-3H3. The second-order valence-corrected chi connectivity index (χ2v) is 9.32. The Morgan fingerprint density at radius 1 is 1.10 bits per heavy atom. The van der Waals surface area contributed by atoms with Crippen molar-refractivity contribution in [3.05, 3.63) is 35.9 Å². The molecule has 1 N–H and O–H groups in total. The van der Waals surface area contributed by atoms with Crippen LogP contribution in [0, 0.1) is 0 Å². The van der Waals surface area contributed by atoms with Crippen LogP contribution in [0.4, 0.5) is 0 Å². The molecule has 0 saturated heterocycles. The number of rotatable bonds is 5. The smallest absolute Gasteiger partial charge is 0.154 e. The topological polar surface area (TPSA) is 46.2 Å². The van der Waals surface area contributed by atoms with Crippen LogP contribution >= 0.6 is 0 Å². The Balaban J connectivity index is 2.30. The van der Waals surface area contributed by atoms with Crippen LogP contribution in [0.15, 0.2) is 30.3 Å². The van der Waals surface area contributed by atoms with Gasteiger partial charge in [0.15, 0.2) is 9.84 Å². The highest BCUT2D eigenvalue weighted by atomic mass is 32.2. The van der Waals surface area contributed by atoms with Gasteiger partial charge in [0.05, 0.1) is 10.8 Å². The Morgan fingerprint density at radius 2 is 1.67 bits per heavy atom. The molecule has 0 heterocycles. The Labute approximate surface area is 129 Å². The first-order valence-corrected chi connectivity index (χ1v) is 9.72. The highest BCUT2D eigenvalue weighted by Crippen LogP contribution is 2.34. The molecule has 1 aromatic carbocycles. The van der Waals surface area contributed by atoms with Crippen molar-refractivity contribution in [3.8, 4) is 0 Å². The Morgan fingerprint density at radius 3 is 2.19 bits per heavy atom. The van der Waals surface area contributed by atoms with Crippen molar-refractivity contribution >= 4 is 9.84 Å². The summed E-state index contributed by atoms with van der Waals surface area (Å²) in [6.45, 7) is 3.66. The van der Waals surface area contributed by atoms with Crippen molar-refractivity contribution in [2.75, 3.05) is 6.26 Å². The van der Waals surface area contributed by atoms with E-state index in [2.05, 4.69) is 5.32 Å². The first kappa shape index (κ1) is 16.5. The lowest BCUT2D eigenvalue weighted by Gasteiger charge is -2.37. The Hall–Kier alpha value is -0.870. The van der Waals surface area contributed by atoms with Crippen molar-refractivity contribution in [1.29, 1.82) is 0 Å². The van der Waals surface area contributed by atoms with E-state index in [1.54, 1.807) is 0 Å². The van der Waals surface area contributed by atoms with Gasteiger partial charge >= 0.3 is 0 Å². The van der Waals surface area contributed by atoms with Crippen LogP contribution in [0.5, 0.6) is 0 Å². The van der Waals surface area contributed by atoms with Gasteiger partial charge in [0.1, 0.15) is 0 Å². The molecular weight excluding hydrogens is 282 g/mol. The highest BCUT2D eigenvalue weighted by molar-refractivity contribution is 7.92. The van der Waals surface area contributed by atoms with Gasteiger partial charge in [0.2, 0.25) is 0 Å². The largest absolute Gasteiger partial charge is 0.306 e. The summed E-state index contributed by atoms with van der Waals surface area (Å²) in [5.74, 6) is 0. The first-order chi connectivity index (χ1) is 9.82. The van der Waals surface area contributed by atoms with E-state index in [-0.39, 0.29) is 6.04 Å². The van der Waals surface area contributed by atoms with E-state index in [1.165, 1.54) is 25.5 Å². The van der Waals surface area contributed by atoms with E-state index in [9.17, 15) is 8.42 Å². The second-order valence-electron chi connectivity index (χ2n) is 6.72. The molecule has 1 fully saturated rings. The third kappa shape index (κ3) is 3.86. The molecule has 4 heteroatoms. The number of hydrogen-bond donors (Lipinski definition) is 1. The van der Waals surface area contributed by atoms with E-state index in [4.69, 9.17) is 0 Å². The van der Waals surface area contributed by atoms with E-state index >= 15 is 0 Å². The monoisotopic (exact) mass is 309 g/mol. The molecule has 1 aliphatic rings. The van der Waals surface area contributed by atoms with Gasteiger partial charge < -0.3 is 5.32 Å². The molecule has 1 aliphatic carbocycles. The zero-order chi connectivity index (χ0) is 15.5. The van der Waals surface area contributed by atoms with Crippen LogP contribution < -0.4 is 5.32 Å². The fourth-order valence-corrected chi connectivity index (χ4v) is 3.70. The fraction of sp³-hybridized carbons (Fsp3) is 0.647. The van der Waals surface area contributed by atoms with Crippen molar-refractivity contribution in [2.24, 2.45) is 0 Å². The minimum atomic E-state index is -3.16. The summed E-state index contributed by atoms with van der Waals surface area (Å²) >= 11 is 0. The lowest BCUT2D eigenvalue weighted by Crippen LogP contribution is -2.48. The molecule has 1 aromatic rings. The molecular formula is C17H27NO2S. The zero-order valence-electron chi connectivity index (χ0n) is 13.3. The summed E-state index contributed by atoms with van der Waals surface area (Å²) in [5, 5.41) is 3.64. The normalized spacial score (nSPS) is 19.4. The number of benzene rings is 1. The Kier molecular flexibility index (Phi) is 5.10. The maximum absolute atomic E-state index is 12.3. The molecule has 0 amide bonds. The predicted molar refractivity (Wildman–Crippen MR) is 88.1 cm³/mol. The first-order valence-electron chi connectivity index (χ1n) is 7.83. The van der Waals surface area contributed by atoms with Gasteiger partial charge in [0, 0.05) is 12.3 Å². The van der Waals surface area contributed by atoms with Crippen molar-refractivity contribution in [3.63, 3.8) is 0 Å². The summed E-state index contributed by atoms with van der Waals surface area (Å²) in [7, 11) is -3.16. The van der Waals surface area contributed by atoms with Gasteiger partial charge in [-0.1, -0.05) is 49.6 Å². The molecule has 0 aromatic heterocycles. The summed E-state index contributed by atoms with van der Waals surface area (Å²) in [6.07, 6.45) is 7.39. The second kappa shape index (κ2) is 6.49. The van der Waals surface area contributed by atoms with Crippen LogP contribution in [0.2, 0.25) is 0 Å². The van der Waals surface area contributed by atoms with Gasteiger partial charge in [-0.25, -0.2) is 8.42 Å². The zero-order valence-corrected chi connectivity index (χ0v) is 14.1. The maximum Gasteiger partial charge on any atom is 0.154 e. The van der Waals surface area contributed by atoms with Gasteiger partial charge in [-0.2, -0.15) is 0 Å². The summed E-state index contributed by atoms with van der Waals surface area (Å²) in [6, 6.07) is 10.2. The summed E-state index contributed by atoms with van der Waals surface area (Å²) < 4.78 is 23.7. The molecule has 3 nitrogen and oxygen atoms in total. The minimum absolute atomic E-state index is 0.170. The third-order valence-corrected chi connectivity index (χ3v) is 6.94. The Bertz CT molecular complexity index is 545. The van der Waals surface area contributed by atoms with Gasteiger partial charge in [-0.3, -0.25) is 0 Å². The average molecular weight is 309 g/mol. The SMILES string of the molecule is CC(C)(C(NC1CCCCC1)c1ccccc1)S(C)(=O)=O.